The van der Waals surface area contributed by atoms with Crippen LogP contribution in [0.25, 0.3) is 33.1 Å². The molecule has 158 valence electrons. The average molecular weight is 425 g/mol. The van der Waals surface area contributed by atoms with Gasteiger partial charge in [0.2, 0.25) is 5.88 Å². The van der Waals surface area contributed by atoms with Crippen LogP contribution in [0.5, 0.6) is 11.5 Å². The van der Waals surface area contributed by atoms with Crippen molar-refractivity contribution in [1.82, 2.24) is 0 Å². The number of hydrogen-bond donors (Lipinski definition) is 0. The van der Waals surface area contributed by atoms with Crippen molar-refractivity contribution in [2.45, 2.75) is 0 Å². The van der Waals surface area contributed by atoms with Crippen molar-refractivity contribution in [3.05, 3.63) is 88.8 Å². The van der Waals surface area contributed by atoms with Gasteiger partial charge in [0.1, 0.15) is 22.5 Å². The summed E-state index contributed by atoms with van der Waals surface area (Å²) in [5.41, 5.74) is 2.65. The van der Waals surface area contributed by atoms with Gasteiger partial charge < -0.3 is 18.3 Å². The van der Waals surface area contributed by atoms with Crippen LogP contribution in [0.4, 0.5) is 5.88 Å². The van der Waals surface area contributed by atoms with Crippen LogP contribution in [0.2, 0.25) is 0 Å². The van der Waals surface area contributed by atoms with E-state index in [0.29, 0.717) is 39.1 Å². The Kier molecular flexibility index (Phi) is 4.95. The molecule has 0 radical (unpaired) electrons. The average Bonchev–Trinajstić information content (AvgIpc) is 3.23. The summed E-state index contributed by atoms with van der Waals surface area (Å²) in [7, 11) is 3.22. The number of ether oxygens (including phenoxy) is 2. The molecule has 3 aromatic carbocycles. The van der Waals surface area contributed by atoms with E-state index in [0.717, 1.165) is 16.9 Å². The van der Waals surface area contributed by atoms with Crippen LogP contribution in [0, 0.1) is 0 Å². The first-order valence-corrected chi connectivity index (χ1v) is 9.99. The van der Waals surface area contributed by atoms with E-state index in [1.165, 1.54) is 0 Å². The lowest BCUT2D eigenvalue weighted by Gasteiger charge is -2.03. The first-order valence-electron chi connectivity index (χ1n) is 9.99. The van der Waals surface area contributed by atoms with Crippen LogP contribution in [-0.2, 0) is 0 Å². The number of nitrogens with zero attached hydrogens (tertiary/aromatic N) is 1. The monoisotopic (exact) mass is 425 g/mol. The molecule has 5 aromatic rings. The molecule has 0 saturated heterocycles. The largest absolute Gasteiger partial charge is 0.497 e. The Labute approximate surface area is 183 Å². The van der Waals surface area contributed by atoms with Crippen LogP contribution in [0.15, 0.2) is 91.4 Å². The number of aliphatic imine (C=N–C) groups is 1. The van der Waals surface area contributed by atoms with E-state index in [4.69, 9.17) is 18.3 Å². The standard InChI is InChI=1S/C26H19NO5/c1-29-18-11-7-16(8-12-18)15-27-25-22(17-9-13-19(30-2)14-10-17)23-24(32-25)20-5-3-4-6-21(20)31-26(23)28/h3-15H,1-2H3/b27-15+. The second-order valence-electron chi connectivity index (χ2n) is 7.13. The van der Waals surface area contributed by atoms with Gasteiger partial charge in [-0.25, -0.2) is 9.79 Å². The second kappa shape index (κ2) is 8.07. The van der Waals surface area contributed by atoms with Crippen molar-refractivity contribution in [3.63, 3.8) is 0 Å². The third kappa shape index (κ3) is 3.41. The van der Waals surface area contributed by atoms with Gasteiger partial charge in [-0.05, 0) is 59.7 Å². The predicted molar refractivity (Wildman–Crippen MR) is 124 cm³/mol. The number of para-hydroxylation sites is 1. The zero-order valence-electron chi connectivity index (χ0n) is 17.5. The molecular weight excluding hydrogens is 406 g/mol. The molecule has 0 aliphatic carbocycles. The minimum Gasteiger partial charge on any atom is -0.497 e. The molecule has 0 unspecified atom stereocenters. The van der Waals surface area contributed by atoms with E-state index in [1.54, 1.807) is 26.5 Å². The lowest BCUT2D eigenvalue weighted by Crippen LogP contribution is -1.99. The molecular formula is C26H19NO5. The Morgan fingerprint density at radius 1 is 0.812 bits per heavy atom. The topological polar surface area (TPSA) is 74.2 Å². The quantitative estimate of drug-likeness (QED) is 0.256. The van der Waals surface area contributed by atoms with Gasteiger partial charge in [0, 0.05) is 6.21 Å². The molecule has 0 saturated carbocycles. The highest BCUT2D eigenvalue weighted by molar-refractivity contribution is 6.09. The molecule has 0 atom stereocenters. The van der Waals surface area contributed by atoms with E-state index in [2.05, 4.69) is 4.99 Å². The molecule has 5 rings (SSSR count). The fourth-order valence-electron chi connectivity index (χ4n) is 3.64. The highest BCUT2D eigenvalue weighted by Gasteiger charge is 2.22. The van der Waals surface area contributed by atoms with Crippen LogP contribution < -0.4 is 15.1 Å². The third-order valence-electron chi connectivity index (χ3n) is 5.25. The Bertz CT molecular complexity index is 1490. The highest BCUT2D eigenvalue weighted by Crippen LogP contribution is 2.41. The Balaban J connectivity index is 1.74. The van der Waals surface area contributed by atoms with E-state index in [-0.39, 0.29) is 0 Å². The Morgan fingerprint density at radius 2 is 1.47 bits per heavy atom. The maximum Gasteiger partial charge on any atom is 0.348 e. The van der Waals surface area contributed by atoms with Gasteiger partial charge in [-0.2, -0.15) is 0 Å². The maximum absolute atomic E-state index is 13.0. The number of hydrogen-bond acceptors (Lipinski definition) is 6. The predicted octanol–water partition coefficient (Wildman–Crippen LogP) is 5.97. The van der Waals surface area contributed by atoms with Crippen molar-refractivity contribution < 1.29 is 18.3 Å². The van der Waals surface area contributed by atoms with Gasteiger partial charge in [-0.3, -0.25) is 0 Å². The highest BCUT2D eigenvalue weighted by atomic mass is 16.5. The Hall–Kier alpha value is -4.32. The molecule has 0 aliphatic heterocycles. The summed E-state index contributed by atoms with van der Waals surface area (Å²) in [6.07, 6.45) is 1.69. The van der Waals surface area contributed by atoms with Crippen molar-refractivity contribution >= 4 is 34.0 Å². The van der Waals surface area contributed by atoms with Crippen LogP contribution in [-0.4, -0.2) is 20.4 Å². The number of rotatable bonds is 5. The van der Waals surface area contributed by atoms with Crippen LogP contribution in [0.1, 0.15) is 5.56 Å². The number of methoxy groups -OCH3 is 2. The lowest BCUT2D eigenvalue weighted by atomic mass is 10.0. The van der Waals surface area contributed by atoms with E-state index < -0.39 is 5.63 Å². The summed E-state index contributed by atoms with van der Waals surface area (Å²) in [6.45, 7) is 0. The van der Waals surface area contributed by atoms with Crippen molar-refractivity contribution in [2.75, 3.05) is 14.2 Å². The zero-order valence-corrected chi connectivity index (χ0v) is 17.5. The van der Waals surface area contributed by atoms with E-state index >= 15 is 0 Å². The molecule has 32 heavy (non-hydrogen) atoms. The number of furan rings is 1. The molecule has 0 bridgehead atoms. The fraction of sp³-hybridized carbons (Fsp3) is 0.0769. The third-order valence-corrected chi connectivity index (χ3v) is 5.25. The normalized spacial score (nSPS) is 11.4. The summed E-state index contributed by atoms with van der Waals surface area (Å²) in [6, 6.07) is 22.2. The maximum atomic E-state index is 13.0. The molecule has 0 amide bonds. The molecule has 0 fully saturated rings. The molecule has 6 heteroatoms. The van der Waals surface area contributed by atoms with Gasteiger partial charge in [0.15, 0.2) is 5.58 Å². The van der Waals surface area contributed by atoms with Gasteiger partial charge in [0.25, 0.3) is 0 Å². The SMILES string of the molecule is COc1ccc(/C=N/c2oc3c(c2-c2ccc(OC)cc2)c(=O)oc2ccccc23)cc1. The molecule has 0 N–H and O–H groups in total. The summed E-state index contributed by atoms with van der Waals surface area (Å²) in [4.78, 5) is 17.5. The molecule has 2 heterocycles. The Morgan fingerprint density at radius 3 is 2.16 bits per heavy atom. The smallest absolute Gasteiger partial charge is 0.348 e. The van der Waals surface area contributed by atoms with Crippen LogP contribution in [0.3, 0.4) is 0 Å². The van der Waals surface area contributed by atoms with Gasteiger partial charge >= 0.3 is 5.63 Å². The van der Waals surface area contributed by atoms with Crippen molar-refractivity contribution in [3.8, 4) is 22.6 Å². The van der Waals surface area contributed by atoms with Crippen molar-refractivity contribution in [1.29, 1.82) is 0 Å². The number of benzene rings is 3. The molecule has 0 aliphatic rings. The minimum absolute atomic E-state index is 0.324. The molecule has 6 nitrogen and oxygen atoms in total. The second-order valence-corrected chi connectivity index (χ2v) is 7.13. The molecule has 2 aromatic heterocycles. The first kappa shape index (κ1) is 19.6. The first-order chi connectivity index (χ1) is 15.7. The summed E-state index contributed by atoms with van der Waals surface area (Å²) in [5.74, 6) is 1.79. The summed E-state index contributed by atoms with van der Waals surface area (Å²) >= 11 is 0. The zero-order chi connectivity index (χ0) is 22.1. The lowest BCUT2D eigenvalue weighted by molar-refractivity contribution is 0.414. The van der Waals surface area contributed by atoms with Crippen molar-refractivity contribution in [2.24, 2.45) is 4.99 Å². The van der Waals surface area contributed by atoms with Gasteiger partial charge in [0.05, 0.1) is 25.2 Å². The molecule has 0 spiro atoms. The summed E-state index contributed by atoms with van der Waals surface area (Å²) in [5, 5.41) is 1.07. The minimum atomic E-state index is -0.473. The van der Waals surface area contributed by atoms with Gasteiger partial charge in [-0.15, -0.1) is 0 Å². The van der Waals surface area contributed by atoms with E-state index in [9.17, 15) is 4.79 Å². The van der Waals surface area contributed by atoms with Crippen LogP contribution >= 0.6 is 0 Å². The van der Waals surface area contributed by atoms with E-state index in [1.807, 2.05) is 66.7 Å². The fourth-order valence-corrected chi connectivity index (χ4v) is 3.64. The van der Waals surface area contributed by atoms with Gasteiger partial charge in [-0.1, -0.05) is 24.3 Å². The summed E-state index contributed by atoms with van der Waals surface area (Å²) < 4.78 is 22.2. The number of fused-ring (bicyclic) bond motifs is 3.